The van der Waals surface area contributed by atoms with Crippen LogP contribution in [0, 0.1) is 0 Å². The number of hydrogen-bond acceptors (Lipinski definition) is 6. The van der Waals surface area contributed by atoms with E-state index in [1.54, 1.807) is 0 Å². The van der Waals surface area contributed by atoms with Crippen molar-refractivity contribution in [2.75, 3.05) is 13.2 Å². The Labute approximate surface area is 490 Å². The third-order valence-electron chi connectivity index (χ3n) is 14.9. The first-order valence-electron chi connectivity index (χ1n) is 34.1. The highest BCUT2D eigenvalue weighted by Gasteiger charge is 2.19. The summed E-state index contributed by atoms with van der Waals surface area (Å²) in [5, 5.41) is 0. The van der Waals surface area contributed by atoms with Gasteiger partial charge in [-0.1, -0.05) is 311 Å². The average Bonchev–Trinajstić information content (AvgIpc) is 3.45. The van der Waals surface area contributed by atoms with Crippen molar-refractivity contribution in [3.63, 3.8) is 0 Å². The molecule has 0 aliphatic rings. The van der Waals surface area contributed by atoms with E-state index in [1.807, 2.05) is 0 Å². The van der Waals surface area contributed by atoms with Crippen LogP contribution in [-0.2, 0) is 28.6 Å². The minimum Gasteiger partial charge on any atom is -0.462 e. The average molecular weight is 1100 g/mol. The van der Waals surface area contributed by atoms with Gasteiger partial charge in [0.25, 0.3) is 0 Å². The summed E-state index contributed by atoms with van der Waals surface area (Å²) in [6.07, 6.45) is 88.7. The fourth-order valence-electron chi connectivity index (χ4n) is 9.80. The molecule has 0 bridgehead atoms. The molecule has 0 aromatic heterocycles. The Balaban J connectivity index is 4.38. The monoisotopic (exact) mass is 1100 g/mol. The maximum Gasteiger partial charge on any atom is 0.306 e. The van der Waals surface area contributed by atoms with E-state index in [1.165, 1.54) is 193 Å². The van der Waals surface area contributed by atoms with Crippen LogP contribution in [0.2, 0.25) is 0 Å². The van der Waals surface area contributed by atoms with E-state index in [4.69, 9.17) is 14.2 Å². The quantitative estimate of drug-likeness (QED) is 0.0261. The lowest BCUT2D eigenvalue weighted by molar-refractivity contribution is -0.167. The maximum atomic E-state index is 12.9. The molecule has 456 valence electrons. The van der Waals surface area contributed by atoms with Gasteiger partial charge in [-0.15, -0.1) is 0 Å². The Morgan fingerprint density at radius 2 is 0.494 bits per heavy atom. The summed E-state index contributed by atoms with van der Waals surface area (Å²) in [4.78, 5) is 38.4. The van der Waals surface area contributed by atoms with Crippen LogP contribution in [0.3, 0.4) is 0 Å². The van der Waals surface area contributed by atoms with Crippen LogP contribution in [0.4, 0.5) is 0 Å². The molecular weight excluding hydrogens is 973 g/mol. The molecular formula is C73H128O6. The summed E-state index contributed by atoms with van der Waals surface area (Å²) in [7, 11) is 0. The van der Waals surface area contributed by atoms with Crippen molar-refractivity contribution in [1.82, 2.24) is 0 Å². The maximum absolute atomic E-state index is 12.9. The number of esters is 3. The molecule has 0 aromatic carbocycles. The molecule has 0 saturated carbocycles. The zero-order valence-corrected chi connectivity index (χ0v) is 52.4. The van der Waals surface area contributed by atoms with Crippen molar-refractivity contribution < 1.29 is 28.6 Å². The van der Waals surface area contributed by atoms with E-state index in [-0.39, 0.29) is 31.1 Å². The molecule has 0 amide bonds. The molecule has 0 N–H and O–H groups in total. The minimum atomic E-state index is -0.786. The fourth-order valence-corrected chi connectivity index (χ4v) is 9.80. The van der Waals surface area contributed by atoms with Crippen LogP contribution in [-0.4, -0.2) is 37.2 Å². The van der Waals surface area contributed by atoms with Gasteiger partial charge in [0.05, 0.1) is 0 Å². The number of hydrogen-bond donors (Lipinski definition) is 0. The van der Waals surface area contributed by atoms with Gasteiger partial charge in [-0.25, -0.2) is 0 Å². The largest absolute Gasteiger partial charge is 0.462 e. The summed E-state index contributed by atoms with van der Waals surface area (Å²) in [5.74, 6) is -0.879. The van der Waals surface area contributed by atoms with Crippen LogP contribution >= 0.6 is 0 Å². The number of unbranched alkanes of at least 4 members (excludes halogenated alkanes) is 37. The molecule has 6 nitrogen and oxygen atoms in total. The van der Waals surface area contributed by atoms with E-state index in [2.05, 4.69) is 106 Å². The molecule has 0 rings (SSSR count). The Kier molecular flexibility index (Phi) is 64.2. The molecule has 0 radical (unpaired) electrons. The molecule has 79 heavy (non-hydrogen) atoms. The Bertz CT molecular complexity index is 1500. The van der Waals surface area contributed by atoms with Gasteiger partial charge in [0, 0.05) is 19.3 Å². The van der Waals surface area contributed by atoms with Gasteiger partial charge in [0.2, 0.25) is 0 Å². The van der Waals surface area contributed by atoms with Crippen molar-refractivity contribution in [2.24, 2.45) is 0 Å². The summed E-state index contributed by atoms with van der Waals surface area (Å²) in [5.41, 5.74) is 0. The predicted molar refractivity (Wildman–Crippen MR) is 344 cm³/mol. The highest BCUT2D eigenvalue weighted by molar-refractivity contribution is 5.71. The fraction of sp³-hybridized carbons (Fsp3) is 0.767. The van der Waals surface area contributed by atoms with Gasteiger partial charge in [-0.2, -0.15) is 0 Å². The molecule has 1 unspecified atom stereocenters. The molecule has 0 aliphatic carbocycles. The van der Waals surface area contributed by atoms with Gasteiger partial charge in [0.15, 0.2) is 6.10 Å². The van der Waals surface area contributed by atoms with E-state index >= 15 is 0 Å². The Morgan fingerprint density at radius 1 is 0.266 bits per heavy atom. The number of rotatable bonds is 62. The molecule has 0 aromatic rings. The number of carbonyl (C=O) groups is 3. The van der Waals surface area contributed by atoms with E-state index < -0.39 is 6.10 Å². The summed E-state index contributed by atoms with van der Waals surface area (Å²) in [6.45, 7) is 6.55. The Morgan fingerprint density at radius 3 is 0.772 bits per heavy atom. The predicted octanol–water partition coefficient (Wildman–Crippen LogP) is 23.4. The molecule has 0 fully saturated rings. The van der Waals surface area contributed by atoms with Crippen molar-refractivity contribution in [1.29, 1.82) is 0 Å². The smallest absolute Gasteiger partial charge is 0.306 e. The molecule has 6 heteroatoms. The van der Waals surface area contributed by atoms with Crippen LogP contribution in [0.5, 0.6) is 0 Å². The summed E-state index contributed by atoms with van der Waals surface area (Å²) < 4.78 is 17.0. The topological polar surface area (TPSA) is 78.9 Å². The van der Waals surface area contributed by atoms with Crippen molar-refractivity contribution in [3.8, 4) is 0 Å². The molecule has 0 heterocycles. The zero-order valence-electron chi connectivity index (χ0n) is 52.4. The van der Waals surface area contributed by atoms with Crippen molar-refractivity contribution in [3.05, 3.63) is 85.1 Å². The van der Waals surface area contributed by atoms with Crippen molar-refractivity contribution in [2.45, 2.75) is 348 Å². The van der Waals surface area contributed by atoms with Crippen molar-refractivity contribution >= 4 is 17.9 Å². The van der Waals surface area contributed by atoms with Gasteiger partial charge in [0.1, 0.15) is 13.2 Å². The van der Waals surface area contributed by atoms with E-state index in [0.29, 0.717) is 19.3 Å². The standard InChI is InChI=1S/C73H128O6/c1-4-7-10-13-16-19-22-25-28-31-33-35-36-38-39-42-45-48-51-54-57-60-63-66-72(75)78-69-70(68-77-71(74)65-62-59-56-53-50-47-44-41-30-27-24-21-18-15-12-9-6-3)79-73(76)67-64-61-58-55-52-49-46-43-40-37-34-32-29-26-23-20-17-14-11-8-5-2/h7,10,16,19,23,25-26,28,32-35,40,43,70H,4-6,8-9,11-15,17-18,20-22,24,27,29-31,36-39,41-42,44-69H2,1-3H3/b10-7-,19-16-,26-23-,28-25-,34-32-,35-33-,43-40-. The first-order chi connectivity index (χ1) is 39.0. The van der Waals surface area contributed by atoms with Gasteiger partial charge < -0.3 is 14.2 Å². The summed E-state index contributed by atoms with van der Waals surface area (Å²) in [6, 6.07) is 0. The molecule has 0 spiro atoms. The van der Waals surface area contributed by atoms with E-state index in [0.717, 1.165) is 109 Å². The summed E-state index contributed by atoms with van der Waals surface area (Å²) >= 11 is 0. The third-order valence-corrected chi connectivity index (χ3v) is 14.9. The van der Waals surface area contributed by atoms with Crippen LogP contribution < -0.4 is 0 Å². The highest BCUT2D eigenvalue weighted by atomic mass is 16.6. The molecule has 0 aliphatic heterocycles. The van der Waals surface area contributed by atoms with Gasteiger partial charge in [-0.3, -0.25) is 14.4 Å². The lowest BCUT2D eigenvalue weighted by Gasteiger charge is -2.18. The second kappa shape index (κ2) is 67.1. The normalized spacial score (nSPS) is 12.6. The second-order valence-corrected chi connectivity index (χ2v) is 22.7. The van der Waals surface area contributed by atoms with Crippen LogP contribution in [0.15, 0.2) is 85.1 Å². The molecule has 1 atom stereocenters. The van der Waals surface area contributed by atoms with E-state index in [9.17, 15) is 14.4 Å². The second-order valence-electron chi connectivity index (χ2n) is 22.7. The van der Waals surface area contributed by atoms with Crippen LogP contribution in [0.1, 0.15) is 342 Å². The number of carbonyl (C=O) groups excluding carboxylic acids is 3. The van der Waals surface area contributed by atoms with Gasteiger partial charge in [-0.05, 0) is 96.3 Å². The molecule has 0 saturated heterocycles. The Hall–Kier alpha value is -3.41. The number of allylic oxidation sites excluding steroid dienone is 14. The first kappa shape index (κ1) is 75.6. The lowest BCUT2D eigenvalue weighted by Crippen LogP contribution is -2.30. The number of ether oxygens (including phenoxy) is 3. The lowest BCUT2D eigenvalue weighted by atomic mass is 10.0. The SMILES string of the molecule is CC/C=C\C/C=C\C/C=C\C/C=C\CCCCCCCCCCCCC(=O)OCC(COC(=O)CCCCCCCCCCCCCCCCCCC)OC(=O)CCCCCCCC/C=C\C/C=C\C/C=C\CCCCCCC. The van der Waals surface area contributed by atoms with Gasteiger partial charge >= 0.3 is 17.9 Å². The third kappa shape index (κ3) is 65.3. The first-order valence-corrected chi connectivity index (χ1v) is 34.1. The van der Waals surface area contributed by atoms with Crippen LogP contribution in [0.25, 0.3) is 0 Å². The zero-order chi connectivity index (χ0) is 57.1. The minimum absolute atomic E-state index is 0.0799. The highest BCUT2D eigenvalue weighted by Crippen LogP contribution is 2.17.